The second-order valence-corrected chi connectivity index (χ2v) is 8.07. The van der Waals surface area contributed by atoms with Gasteiger partial charge in [-0.2, -0.15) is 28.2 Å². The summed E-state index contributed by atoms with van der Waals surface area (Å²) in [6.45, 7) is 1.01. The number of aliphatic hydroxyl groups is 2. The molecule has 1 unspecified atom stereocenters. The van der Waals surface area contributed by atoms with Gasteiger partial charge in [-0.25, -0.2) is 4.68 Å². The van der Waals surface area contributed by atoms with Crippen molar-refractivity contribution in [2.75, 3.05) is 23.3 Å². The number of fused-ring (bicyclic) bond motifs is 1. The van der Waals surface area contributed by atoms with Gasteiger partial charge in [0.05, 0.1) is 35.0 Å². The number of nitrogens with zero attached hydrogens (tertiary/aromatic N) is 5. The van der Waals surface area contributed by atoms with E-state index < -0.39 is 17.8 Å². The summed E-state index contributed by atoms with van der Waals surface area (Å²) in [5, 5.41) is 27.6. The van der Waals surface area contributed by atoms with E-state index in [0.29, 0.717) is 55.2 Å². The van der Waals surface area contributed by atoms with Crippen molar-refractivity contribution in [1.29, 1.82) is 0 Å². The van der Waals surface area contributed by atoms with E-state index in [2.05, 4.69) is 20.4 Å². The van der Waals surface area contributed by atoms with Crippen LogP contribution in [0.5, 0.6) is 0 Å². The largest absolute Gasteiger partial charge is 0.416 e. The molecule has 3 heterocycles. The average molecular weight is 434 g/mol. The Kier molecular flexibility index (Phi) is 4.74. The summed E-state index contributed by atoms with van der Waals surface area (Å²) in [6, 6.07) is 4.94. The molecule has 2 aromatic heterocycles. The third-order valence-corrected chi connectivity index (χ3v) is 5.74. The maximum atomic E-state index is 13.2. The van der Waals surface area contributed by atoms with E-state index in [0.717, 1.165) is 12.1 Å². The molecule has 8 nitrogen and oxygen atoms in total. The fourth-order valence-corrected chi connectivity index (χ4v) is 4.02. The smallest absolute Gasteiger partial charge is 0.393 e. The molecule has 3 N–H and O–H groups in total. The van der Waals surface area contributed by atoms with Gasteiger partial charge in [0.15, 0.2) is 5.65 Å². The van der Waals surface area contributed by atoms with Crippen molar-refractivity contribution in [2.45, 2.75) is 43.7 Å². The van der Waals surface area contributed by atoms with Crippen molar-refractivity contribution in [3.8, 4) is 5.69 Å². The molecule has 0 bridgehead atoms. The highest BCUT2D eigenvalue weighted by molar-refractivity contribution is 5.89. The molecule has 0 spiro atoms. The van der Waals surface area contributed by atoms with Crippen molar-refractivity contribution in [3.05, 3.63) is 36.0 Å². The Hall–Kier alpha value is -2.92. The highest BCUT2D eigenvalue weighted by atomic mass is 19.4. The summed E-state index contributed by atoms with van der Waals surface area (Å²) >= 11 is 0. The molecule has 164 valence electrons. The summed E-state index contributed by atoms with van der Waals surface area (Å²) < 4.78 is 41.0. The van der Waals surface area contributed by atoms with Gasteiger partial charge in [-0.3, -0.25) is 0 Å². The Balaban J connectivity index is 1.60. The number of anilines is 2. The third kappa shape index (κ3) is 3.79. The minimum atomic E-state index is -4.47. The topological polar surface area (TPSA) is 99.3 Å². The number of β-amino-alcohol motifs (C(OH)–C–C–N with tert-alkyl or cyclic N) is 1. The second kappa shape index (κ2) is 7.34. The van der Waals surface area contributed by atoms with Crippen molar-refractivity contribution in [3.63, 3.8) is 0 Å². The van der Waals surface area contributed by atoms with Gasteiger partial charge < -0.3 is 20.4 Å². The Morgan fingerprint density at radius 2 is 1.90 bits per heavy atom. The van der Waals surface area contributed by atoms with Crippen LogP contribution in [0.25, 0.3) is 16.7 Å². The number of benzene rings is 1. The molecule has 0 amide bonds. The van der Waals surface area contributed by atoms with E-state index in [-0.39, 0.29) is 17.8 Å². The lowest BCUT2D eigenvalue weighted by Gasteiger charge is -2.32. The lowest BCUT2D eigenvalue weighted by molar-refractivity contribution is -0.137. The maximum absolute atomic E-state index is 13.2. The van der Waals surface area contributed by atoms with Crippen LogP contribution in [0.1, 0.15) is 24.8 Å². The molecule has 1 aromatic carbocycles. The first-order valence-corrected chi connectivity index (χ1v) is 10.1. The number of aliphatic hydroxyl groups excluding tert-OH is 2. The van der Waals surface area contributed by atoms with Crippen LogP contribution in [0.15, 0.2) is 30.5 Å². The normalized spacial score (nSPS) is 23.9. The Morgan fingerprint density at radius 1 is 1.10 bits per heavy atom. The predicted molar refractivity (Wildman–Crippen MR) is 107 cm³/mol. The lowest BCUT2D eigenvalue weighted by atomic mass is 9.90. The molecule has 3 aromatic rings. The van der Waals surface area contributed by atoms with Gasteiger partial charge in [0.1, 0.15) is 5.82 Å². The minimum Gasteiger partial charge on any atom is -0.393 e. The van der Waals surface area contributed by atoms with Crippen LogP contribution in [0.4, 0.5) is 24.9 Å². The van der Waals surface area contributed by atoms with Gasteiger partial charge in [-0.05, 0) is 37.5 Å². The molecule has 5 rings (SSSR count). The van der Waals surface area contributed by atoms with Gasteiger partial charge in [-0.1, -0.05) is 6.07 Å². The number of rotatable bonds is 4. The zero-order valence-corrected chi connectivity index (χ0v) is 16.4. The minimum absolute atomic E-state index is 0.0226. The number of aromatic nitrogens is 4. The molecule has 1 aliphatic carbocycles. The number of hydrogen-bond acceptors (Lipinski definition) is 7. The molecule has 1 saturated heterocycles. The molecule has 31 heavy (non-hydrogen) atoms. The van der Waals surface area contributed by atoms with E-state index >= 15 is 0 Å². The van der Waals surface area contributed by atoms with Crippen molar-refractivity contribution in [2.24, 2.45) is 0 Å². The monoisotopic (exact) mass is 434 g/mol. The number of alkyl halides is 3. The molecule has 1 aliphatic heterocycles. The molecule has 2 fully saturated rings. The van der Waals surface area contributed by atoms with Crippen molar-refractivity contribution >= 4 is 22.8 Å². The Bertz CT molecular complexity index is 1110. The van der Waals surface area contributed by atoms with Crippen LogP contribution in [0, 0.1) is 0 Å². The predicted octanol–water partition coefficient (Wildman–Crippen LogP) is 2.34. The second-order valence-electron chi connectivity index (χ2n) is 8.07. The third-order valence-electron chi connectivity index (χ3n) is 5.74. The highest BCUT2D eigenvalue weighted by Gasteiger charge is 2.32. The molecule has 11 heteroatoms. The number of halogens is 3. The van der Waals surface area contributed by atoms with E-state index in [9.17, 15) is 23.4 Å². The standard InChI is InChI=1S/C20H21F3N6O2/c21-20(22,23)11-2-1-3-13(6-11)29-18-16(9-24-29)17(28-5-4-14(30)10-28)26-19(27-18)25-12-7-15(31)8-12/h1-3,6,9,12,14-15,30-31H,4-5,7-8,10H2,(H,25,26,27). The van der Waals surface area contributed by atoms with E-state index in [4.69, 9.17) is 0 Å². The van der Waals surface area contributed by atoms with Crippen LogP contribution in [-0.4, -0.2) is 61.3 Å². The zero-order valence-electron chi connectivity index (χ0n) is 16.4. The summed E-state index contributed by atoms with van der Waals surface area (Å²) in [7, 11) is 0. The van der Waals surface area contributed by atoms with E-state index in [1.807, 2.05) is 4.90 Å². The highest BCUT2D eigenvalue weighted by Crippen LogP contribution is 2.33. The molecule has 1 saturated carbocycles. The number of hydrogen-bond donors (Lipinski definition) is 3. The van der Waals surface area contributed by atoms with Crippen LogP contribution in [0.3, 0.4) is 0 Å². The number of nitrogens with one attached hydrogen (secondary N) is 1. The Morgan fingerprint density at radius 3 is 2.58 bits per heavy atom. The maximum Gasteiger partial charge on any atom is 0.416 e. The van der Waals surface area contributed by atoms with E-state index in [1.165, 1.54) is 16.9 Å². The first kappa shape index (κ1) is 20.0. The molecular weight excluding hydrogens is 413 g/mol. The quantitative estimate of drug-likeness (QED) is 0.580. The fraction of sp³-hybridized carbons (Fsp3) is 0.450. The van der Waals surface area contributed by atoms with Gasteiger partial charge in [-0.15, -0.1) is 0 Å². The molecule has 0 radical (unpaired) electrons. The van der Waals surface area contributed by atoms with Crippen LogP contribution in [-0.2, 0) is 6.18 Å². The SMILES string of the molecule is OC1CC(Nc2nc(N3CCC(O)C3)c3cnn(-c4cccc(C(F)(F)F)c4)c3n2)C1. The summed E-state index contributed by atoms with van der Waals surface area (Å²) in [5.74, 6) is 0.886. The zero-order chi connectivity index (χ0) is 21.8. The van der Waals surface area contributed by atoms with Crippen LogP contribution >= 0.6 is 0 Å². The van der Waals surface area contributed by atoms with Crippen molar-refractivity contribution in [1.82, 2.24) is 19.7 Å². The van der Waals surface area contributed by atoms with Gasteiger partial charge in [0, 0.05) is 19.1 Å². The first-order valence-electron chi connectivity index (χ1n) is 10.1. The first-order chi connectivity index (χ1) is 14.8. The summed E-state index contributed by atoms with van der Waals surface area (Å²) in [6.07, 6.45) is -2.01. The molecule has 1 atom stereocenters. The van der Waals surface area contributed by atoms with Crippen LogP contribution in [0.2, 0.25) is 0 Å². The van der Waals surface area contributed by atoms with E-state index in [1.54, 1.807) is 6.07 Å². The van der Waals surface area contributed by atoms with Gasteiger partial charge in [0.2, 0.25) is 5.95 Å². The van der Waals surface area contributed by atoms with Crippen molar-refractivity contribution < 1.29 is 23.4 Å². The Labute approximate surface area is 175 Å². The fourth-order valence-electron chi connectivity index (χ4n) is 4.02. The van der Waals surface area contributed by atoms with Gasteiger partial charge >= 0.3 is 6.18 Å². The molecular formula is C20H21F3N6O2. The van der Waals surface area contributed by atoms with Crippen LogP contribution < -0.4 is 10.2 Å². The average Bonchev–Trinajstić information content (AvgIpc) is 3.32. The summed E-state index contributed by atoms with van der Waals surface area (Å²) in [5.41, 5.74) is -0.165. The molecule has 2 aliphatic rings. The van der Waals surface area contributed by atoms with Gasteiger partial charge in [0.25, 0.3) is 0 Å². The summed E-state index contributed by atoms with van der Waals surface area (Å²) in [4.78, 5) is 11.1. The lowest BCUT2D eigenvalue weighted by Crippen LogP contribution is -2.39.